The lowest BCUT2D eigenvalue weighted by molar-refractivity contribution is 1.23. The van der Waals surface area contributed by atoms with Crippen LogP contribution in [0.15, 0.2) is 41.6 Å². The molecule has 0 aliphatic rings. The second-order valence-electron chi connectivity index (χ2n) is 3.13. The molecular weight excluding hydrogens is 176 g/mol. The predicted molar refractivity (Wildman–Crippen MR) is 55.0 cm³/mol. The van der Waals surface area contributed by atoms with E-state index in [0.717, 1.165) is 16.7 Å². The standard InChI is InChI=1S/C11H10N2O/c1-8-2-4-12-7-10(8)9-3-5-13-11(14)6-9/h2-7H,1H3,(H,13,14). The van der Waals surface area contributed by atoms with Crippen LogP contribution in [-0.4, -0.2) is 9.97 Å². The minimum Gasteiger partial charge on any atom is -0.329 e. The number of nitrogens with one attached hydrogen (secondary N) is 1. The van der Waals surface area contributed by atoms with Gasteiger partial charge in [-0.1, -0.05) is 0 Å². The van der Waals surface area contributed by atoms with Crippen LogP contribution in [0.1, 0.15) is 5.56 Å². The Morgan fingerprint density at radius 3 is 2.93 bits per heavy atom. The van der Waals surface area contributed by atoms with Gasteiger partial charge in [-0.2, -0.15) is 0 Å². The van der Waals surface area contributed by atoms with E-state index in [0.29, 0.717) is 0 Å². The molecule has 0 aromatic carbocycles. The first-order valence-electron chi connectivity index (χ1n) is 4.37. The van der Waals surface area contributed by atoms with Gasteiger partial charge in [-0.05, 0) is 30.2 Å². The molecule has 0 atom stereocenters. The second-order valence-corrected chi connectivity index (χ2v) is 3.13. The quantitative estimate of drug-likeness (QED) is 0.737. The molecule has 3 nitrogen and oxygen atoms in total. The Balaban J connectivity index is 2.61. The molecule has 0 saturated carbocycles. The molecule has 0 unspecified atom stereocenters. The van der Waals surface area contributed by atoms with Crippen molar-refractivity contribution in [1.29, 1.82) is 0 Å². The van der Waals surface area contributed by atoms with Gasteiger partial charge in [0.05, 0.1) is 0 Å². The number of hydrogen-bond donors (Lipinski definition) is 1. The smallest absolute Gasteiger partial charge is 0.248 e. The summed E-state index contributed by atoms with van der Waals surface area (Å²) in [7, 11) is 0. The molecule has 1 N–H and O–H groups in total. The Bertz CT molecular complexity index is 502. The number of hydrogen-bond acceptors (Lipinski definition) is 2. The topological polar surface area (TPSA) is 45.8 Å². The van der Waals surface area contributed by atoms with Gasteiger partial charge in [0.25, 0.3) is 0 Å². The summed E-state index contributed by atoms with van der Waals surface area (Å²) in [5, 5.41) is 0. The van der Waals surface area contributed by atoms with Gasteiger partial charge in [0.15, 0.2) is 0 Å². The number of rotatable bonds is 1. The van der Waals surface area contributed by atoms with E-state index in [1.807, 2.05) is 19.1 Å². The number of aromatic amines is 1. The highest BCUT2D eigenvalue weighted by molar-refractivity contribution is 5.65. The van der Waals surface area contributed by atoms with Crippen molar-refractivity contribution >= 4 is 0 Å². The zero-order valence-electron chi connectivity index (χ0n) is 7.82. The van der Waals surface area contributed by atoms with Crippen LogP contribution in [0.5, 0.6) is 0 Å². The maximum atomic E-state index is 11.1. The van der Waals surface area contributed by atoms with Crippen molar-refractivity contribution in [3.05, 3.63) is 52.7 Å². The molecule has 0 aliphatic carbocycles. The molecule has 0 amide bonds. The molecule has 0 radical (unpaired) electrons. The third kappa shape index (κ3) is 1.57. The van der Waals surface area contributed by atoms with Crippen molar-refractivity contribution in [2.75, 3.05) is 0 Å². The van der Waals surface area contributed by atoms with Crippen LogP contribution in [-0.2, 0) is 0 Å². The molecule has 0 bridgehead atoms. The molecule has 2 heterocycles. The van der Waals surface area contributed by atoms with E-state index in [2.05, 4.69) is 9.97 Å². The number of nitrogens with zero attached hydrogens (tertiary/aromatic N) is 1. The summed E-state index contributed by atoms with van der Waals surface area (Å²) >= 11 is 0. The first kappa shape index (κ1) is 8.69. The summed E-state index contributed by atoms with van der Waals surface area (Å²) in [4.78, 5) is 17.7. The van der Waals surface area contributed by atoms with Crippen molar-refractivity contribution in [3.8, 4) is 11.1 Å². The average molecular weight is 186 g/mol. The molecule has 3 heteroatoms. The van der Waals surface area contributed by atoms with Crippen LogP contribution in [0.2, 0.25) is 0 Å². The van der Waals surface area contributed by atoms with Gasteiger partial charge < -0.3 is 4.98 Å². The van der Waals surface area contributed by atoms with E-state index in [1.165, 1.54) is 0 Å². The van der Waals surface area contributed by atoms with Gasteiger partial charge in [0.2, 0.25) is 5.56 Å². The lowest BCUT2D eigenvalue weighted by Crippen LogP contribution is -2.02. The van der Waals surface area contributed by atoms with Gasteiger partial charge in [-0.15, -0.1) is 0 Å². The third-order valence-electron chi connectivity index (χ3n) is 2.13. The Kier molecular flexibility index (Phi) is 2.14. The van der Waals surface area contributed by atoms with E-state index in [-0.39, 0.29) is 5.56 Å². The monoisotopic (exact) mass is 186 g/mol. The van der Waals surface area contributed by atoms with E-state index in [1.54, 1.807) is 24.7 Å². The molecule has 14 heavy (non-hydrogen) atoms. The maximum absolute atomic E-state index is 11.1. The molecule has 0 aliphatic heterocycles. The zero-order valence-corrected chi connectivity index (χ0v) is 7.82. The fraction of sp³-hybridized carbons (Fsp3) is 0.0909. The van der Waals surface area contributed by atoms with E-state index in [4.69, 9.17) is 0 Å². The van der Waals surface area contributed by atoms with E-state index < -0.39 is 0 Å². The van der Waals surface area contributed by atoms with Crippen LogP contribution in [0.25, 0.3) is 11.1 Å². The fourth-order valence-corrected chi connectivity index (χ4v) is 1.38. The van der Waals surface area contributed by atoms with Crippen LogP contribution < -0.4 is 5.56 Å². The summed E-state index contributed by atoms with van der Waals surface area (Å²) in [5.41, 5.74) is 2.93. The van der Waals surface area contributed by atoms with Crippen LogP contribution in [0.3, 0.4) is 0 Å². The number of aryl methyl sites for hydroxylation is 1. The highest BCUT2D eigenvalue weighted by Gasteiger charge is 2.00. The molecule has 2 rings (SSSR count). The summed E-state index contributed by atoms with van der Waals surface area (Å²) in [6, 6.07) is 5.37. The summed E-state index contributed by atoms with van der Waals surface area (Å²) in [6.07, 6.45) is 5.15. The second kappa shape index (κ2) is 3.46. The number of pyridine rings is 2. The Morgan fingerprint density at radius 1 is 1.36 bits per heavy atom. The average Bonchev–Trinajstić information content (AvgIpc) is 2.18. The Labute approximate surface area is 81.5 Å². The van der Waals surface area contributed by atoms with Gasteiger partial charge in [-0.25, -0.2) is 0 Å². The maximum Gasteiger partial charge on any atom is 0.248 e. The third-order valence-corrected chi connectivity index (χ3v) is 2.13. The Hall–Kier alpha value is -1.90. The Morgan fingerprint density at radius 2 is 2.21 bits per heavy atom. The fourth-order valence-electron chi connectivity index (χ4n) is 1.38. The molecule has 2 aromatic rings. The predicted octanol–water partition coefficient (Wildman–Crippen LogP) is 1.75. The molecule has 0 saturated heterocycles. The van der Waals surface area contributed by atoms with Crippen LogP contribution >= 0.6 is 0 Å². The first-order valence-corrected chi connectivity index (χ1v) is 4.37. The summed E-state index contributed by atoms with van der Waals surface area (Å²) < 4.78 is 0. The van der Waals surface area contributed by atoms with E-state index in [9.17, 15) is 4.79 Å². The number of H-pyrrole nitrogens is 1. The minimum absolute atomic E-state index is 0.0919. The summed E-state index contributed by atoms with van der Waals surface area (Å²) in [5.74, 6) is 0. The summed E-state index contributed by atoms with van der Waals surface area (Å²) in [6.45, 7) is 2.00. The molecule has 0 spiro atoms. The van der Waals surface area contributed by atoms with Crippen molar-refractivity contribution in [1.82, 2.24) is 9.97 Å². The van der Waals surface area contributed by atoms with Crippen LogP contribution in [0, 0.1) is 6.92 Å². The zero-order chi connectivity index (χ0) is 9.97. The van der Waals surface area contributed by atoms with Gasteiger partial charge >= 0.3 is 0 Å². The lowest BCUT2D eigenvalue weighted by Gasteiger charge is -2.03. The lowest BCUT2D eigenvalue weighted by atomic mass is 10.1. The largest absolute Gasteiger partial charge is 0.329 e. The SMILES string of the molecule is Cc1ccncc1-c1cc[nH]c(=O)c1. The molecule has 0 fully saturated rings. The van der Waals surface area contributed by atoms with Gasteiger partial charge in [0, 0.05) is 30.2 Å². The van der Waals surface area contributed by atoms with Crippen molar-refractivity contribution < 1.29 is 0 Å². The first-order chi connectivity index (χ1) is 6.77. The van der Waals surface area contributed by atoms with Gasteiger partial charge in [-0.3, -0.25) is 9.78 Å². The van der Waals surface area contributed by atoms with Gasteiger partial charge in [0.1, 0.15) is 0 Å². The van der Waals surface area contributed by atoms with E-state index >= 15 is 0 Å². The highest BCUT2D eigenvalue weighted by atomic mass is 16.1. The molecule has 2 aromatic heterocycles. The van der Waals surface area contributed by atoms with Crippen molar-refractivity contribution in [3.63, 3.8) is 0 Å². The van der Waals surface area contributed by atoms with Crippen LogP contribution in [0.4, 0.5) is 0 Å². The van der Waals surface area contributed by atoms with Crippen molar-refractivity contribution in [2.24, 2.45) is 0 Å². The highest BCUT2D eigenvalue weighted by Crippen LogP contribution is 2.19. The normalized spacial score (nSPS) is 10.1. The van der Waals surface area contributed by atoms with Crippen molar-refractivity contribution in [2.45, 2.75) is 6.92 Å². The minimum atomic E-state index is -0.0919. The molecule has 70 valence electrons. The number of aromatic nitrogens is 2. The molecular formula is C11H10N2O.